The van der Waals surface area contributed by atoms with Crippen LogP contribution in [0, 0.1) is 0 Å². The van der Waals surface area contributed by atoms with Crippen LogP contribution in [-0.4, -0.2) is 33.3 Å². The van der Waals surface area contributed by atoms with Crippen LogP contribution >= 0.6 is 24.0 Å². The zero-order chi connectivity index (χ0) is 17.7. The van der Waals surface area contributed by atoms with Crippen molar-refractivity contribution in [3.05, 3.63) is 60.2 Å². The Morgan fingerprint density at radius 2 is 1.85 bits per heavy atom. The number of ether oxygens (including phenoxy) is 1. The number of fused-ring (bicyclic) bond motifs is 1. The standard InChI is InChI=1S/C18H21N3O3S.HI/c19-18(20-11-13-25(22,23)14-6-2-1-3-7-14)21-16-10-12-24-17-9-5-4-8-15(16)17;/h1-9,16H,10-13H2,(H3,19,20,21);1H. The minimum absolute atomic E-state index is 0. The average Bonchev–Trinajstić information content (AvgIpc) is 2.63. The molecule has 0 aromatic heterocycles. The molecule has 1 heterocycles. The van der Waals surface area contributed by atoms with Gasteiger partial charge in [0.2, 0.25) is 0 Å². The number of aliphatic imine (C=N–C) groups is 1. The van der Waals surface area contributed by atoms with Gasteiger partial charge in [-0.2, -0.15) is 0 Å². The molecule has 3 rings (SSSR count). The van der Waals surface area contributed by atoms with E-state index in [4.69, 9.17) is 10.5 Å². The molecule has 1 aliphatic rings. The van der Waals surface area contributed by atoms with Crippen LogP contribution in [0.15, 0.2) is 64.5 Å². The molecule has 1 aliphatic heterocycles. The van der Waals surface area contributed by atoms with Gasteiger partial charge in [0.25, 0.3) is 0 Å². The molecule has 0 fully saturated rings. The molecule has 0 saturated heterocycles. The number of sulfone groups is 1. The van der Waals surface area contributed by atoms with Crippen molar-refractivity contribution < 1.29 is 13.2 Å². The van der Waals surface area contributed by atoms with E-state index < -0.39 is 9.84 Å². The Morgan fingerprint density at radius 1 is 1.15 bits per heavy atom. The lowest BCUT2D eigenvalue weighted by atomic mass is 10.0. The van der Waals surface area contributed by atoms with E-state index >= 15 is 0 Å². The van der Waals surface area contributed by atoms with Gasteiger partial charge in [-0.15, -0.1) is 24.0 Å². The second-order valence-electron chi connectivity index (χ2n) is 5.77. The summed E-state index contributed by atoms with van der Waals surface area (Å²) in [5, 5.41) is 3.15. The maximum absolute atomic E-state index is 12.2. The van der Waals surface area contributed by atoms with Crippen molar-refractivity contribution in [2.75, 3.05) is 18.9 Å². The second-order valence-corrected chi connectivity index (χ2v) is 7.88. The minimum atomic E-state index is -3.35. The van der Waals surface area contributed by atoms with E-state index in [1.165, 1.54) is 0 Å². The maximum atomic E-state index is 12.2. The van der Waals surface area contributed by atoms with Gasteiger partial charge in [0.1, 0.15) is 5.75 Å². The molecule has 8 heteroatoms. The summed E-state index contributed by atoms with van der Waals surface area (Å²) in [4.78, 5) is 4.47. The smallest absolute Gasteiger partial charge is 0.189 e. The highest BCUT2D eigenvalue weighted by Crippen LogP contribution is 2.31. The second kappa shape index (κ2) is 9.22. The predicted octanol–water partition coefficient (Wildman–Crippen LogP) is 2.51. The van der Waals surface area contributed by atoms with E-state index in [0.717, 1.165) is 17.7 Å². The SMILES string of the molecule is I.NC(=NCCS(=O)(=O)c1ccccc1)NC1CCOc2ccccc21. The largest absolute Gasteiger partial charge is 0.493 e. The normalized spacial score (nSPS) is 16.8. The first-order valence-corrected chi connectivity index (χ1v) is 9.77. The van der Waals surface area contributed by atoms with Crippen LogP contribution in [0.5, 0.6) is 5.75 Å². The van der Waals surface area contributed by atoms with Crippen LogP contribution in [0.1, 0.15) is 18.0 Å². The molecule has 0 amide bonds. The molecule has 0 aliphatic carbocycles. The molecule has 0 spiro atoms. The van der Waals surface area contributed by atoms with Crippen LogP contribution in [0.4, 0.5) is 0 Å². The van der Waals surface area contributed by atoms with Crippen molar-refractivity contribution >= 4 is 39.8 Å². The van der Waals surface area contributed by atoms with E-state index in [-0.39, 0.29) is 48.3 Å². The van der Waals surface area contributed by atoms with Gasteiger partial charge in [-0.1, -0.05) is 36.4 Å². The molecule has 1 atom stereocenters. The van der Waals surface area contributed by atoms with Gasteiger partial charge in [0.05, 0.1) is 29.8 Å². The quantitative estimate of drug-likeness (QED) is 0.384. The monoisotopic (exact) mass is 487 g/mol. The Bertz CT molecular complexity index is 857. The fourth-order valence-electron chi connectivity index (χ4n) is 2.75. The predicted molar refractivity (Wildman–Crippen MR) is 113 cm³/mol. The number of nitrogens with zero attached hydrogens (tertiary/aromatic N) is 1. The molecule has 26 heavy (non-hydrogen) atoms. The van der Waals surface area contributed by atoms with Crippen LogP contribution < -0.4 is 15.8 Å². The highest BCUT2D eigenvalue weighted by atomic mass is 127. The molecule has 3 N–H and O–H groups in total. The number of hydrogen-bond donors (Lipinski definition) is 2. The lowest BCUT2D eigenvalue weighted by Crippen LogP contribution is -2.37. The third-order valence-electron chi connectivity index (χ3n) is 4.03. The Hall–Kier alpha value is -1.81. The molecule has 6 nitrogen and oxygen atoms in total. The van der Waals surface area contributed by atoms with Crippen molar-refractivity contribution in [2.24, 2.45) is 10.7 Å². The minimum Gasteiger partial charge on any atom is -0.493 e. The van der Waals surface area contributed by atoms with Crippen molar-refractivity contribution in [1.82, 2.24) is 5.32 Å². The van der Waals surface area contributed by atoms with Gasteiger partial charge in [0.15, 0.2) is 15.8 Å². The molecule has 0 radical (unpaired) electrons. The summed E-state index contributed by atoms with van der Waals surface area (Å²) in [6, 6.07) is 16.1. The summed E-state index contributed by atoms with van der Waals surface area (Å²) in [6.45, 7) is 0.714. The zero-order valence-electron chi connectivity index (χ0n) is 14.2. The Balaban J connectivity index is 0.00000243. The highest BCUT2D eigenvalue weighted by molar-refractivity contribution is 14.0. The van der Waals surface area contributed by atoms with E-state index in [1.54, 1.807) is 30.3 Å². The first-order valence-electron chi connectivity index (χ1n) is 8.12. The number of halogens is 1. The van der Waals surface area contributed by atoms with Crippen molar-refractivity contribution in [3.63, 3.8) is 0 Å². The van der Waals surface area contributed by atoms with Gasteiger partial charge in [-0.3, -0.25) is 4.99 Å². The van der Waals surface area contributed by atoms with Gasteiger partial charge in [-0.05, 0) is 18.2 Å². The summed E-state index contributed by atoms with van der Waals surface area (Å²) in [6.07, 6.45) is 0.773. The molecule has 2 aromatic carbocycles. The maximum Gasteiger partial charge on any atom is 0.189 e. The van der Waals surface area contributed by atoms with E-state index in [2.05, 4.69) is 10.3 Å². The van der Waals surface area contributed by atoms with Crippen molar-refractivity contribution in [2.45, 2.75) is 17.4 Å². The lowest BCUT2D eigenvalue weighted by molar-refractivity contribution is 0.262. The van der Waals surface area contributed by atoms with E-state index in [1.807, 2.05) is 24.3 Å². The average molecular weight is 487 g/mol. The number of para-hydroxylation sites is 1. The first kappa shape index (κ1) is 20.5. The van der Waals surface area contributed by atoms with Gasteiger partial charge in [0, 0.05) is 12.0 Å². The number of nitrogens with two attached hydrogens (primary N) is 1. The number of benzene rings is 2. The molecule has 1 unspecified atom stereocenters. The molecular weight excluding hydrogens is 465 g/mol. The zero-order valence-corrected chi connectivity index (χ0v) is 17.3. The number of hydrogen-bond acceptors (Lipinski definition) is 4. The molecule has 0 saturated carbocycles. The lowest BCUT2D eigenvalue weighted by Gasteiger charge is -2.26. The Morgan fingerprint density at radius 3 is 2.62 bits per heavy atom. The number of guanidine groups is 1. The van der Waals surface area contributed by atoms with Crippen LogP contribution in [0.3, 0.4) is 0 Å². The fraction of sp³-hybridized carbons (Fsp3) is 0.278. The van der Waals surface area contributed by atoms with Crippen LogP contribution in [0.2, 0.25) is 0 Å². The first-order chi connectivity index (χ1) is 12.1. The summed E-state index contributed by atoms with van der Waals surface area (Å²) in [5.41, 5.74) is 6.96. The Kier molecular flexibility index (Phi) is 7.27. The fourth-order valence-corrected chi connectivity index (χ4v) is 3.89. The number of rotatable bonds is 5. The summed E-state index contributed by atoms with van der Waals surface area (Å²) >= 11 is 0. The van der Waals surface area contributed by atoms with Crippen molar-refractivity contribution in [3.8, 4) is 5.75 Å². The van der Waals surface area contributed by atoms with Crippen molar-refractivity contribution in [1.29, 1.82) is 0 Å². The van der Waals surface area contributed by atoms with Gasteiger partial charge >= 0.3 is 0 Å². The Labute approximate surface area is 170 Å². The highest BCUT2D eigenvalue weighted by Gasteiger charge is 2.21. The third kappa shape index (κ3) is 5.10. The summed E-state index contributed by atoms with van der Waals surface area (Å²) in [5.74, 6) is 1.000. The molecule has 2 aromatic rings. The molecular formula is C18H22IN3O3S. The van der Waals surface area contributed by atoms with Crippen LogP contribution in [-0.2, 0) is 9.84 Å². The topological polar surface area (TPSA) is 93.8 Å². The van der Waals surface area contributed by atoms with E-state index in [0.29, 0.717) is 11.5 Å². The molecule has 140 valence electrons. The van der Waals surface area contributed by atoms with Gasteiger partial charge in [-0.25, -0.2) is 8.42 Å². The third-order valence-corrected chi connectivity index (χ3v) is 5.74. The summed E-state index contributed by atoms with van der Waals surface area (Å²) < 4.78 is 30.1. The summed E-state index contributed by atoms with van der Waals surface area (Å²) in [7, 11) is -3.35. The van der Waals surface area contributed by atoms with E-state index in [9.17, 15) is 8.42 Å². The van der Waals surface area contributed by atoms with Crippen LogP contribution in [0.25, 0.3) is 0 Å². The molecule has 0 bridgehead atoms. The van der Waals surface area contributed by atoms with Gasteiger partial charge < -0.3 is 15.8 Å². The number of nitrogens with one attached hydrogen (secondary N) is 1.